The maximum atomic E-state index is 10.5. The Hall–Kier alpha value is -1.62. The van der Waals surface area contributed by atoms with E-state index in [2.05, 4.69) is 4.98 Å². The molecular formula is C7H8N2O3. The molecule has 0 spiro atoms. The van der Waals surface area contributed by atoms with Gasteiger partial charge in [-0.05, 0) is 19.1 Å². The number of nitrogens with zero attached hydrogens (tertiary/aromatic N) is 1. The van der Waals surface area contributed by atoms with Crippen molar-refractivity contribution in [2.24, 2.45) is 0 Å². The zero-order chi connectivity index (χ0) is 9.14. The van der Waals surface area contributed by atoms with Gasteiger partial charge in [0.1, 0.15) is 0 Å². The third kappa shape index (κ3) is 1.70. The second kappa shape index (κ2) is 3.19. The van der Waals surface area contributed by atoms with Crippen LogP contribution in [0.1, 0.15) is 16.1 Å². The lowest BCUT2D eigenvalue weighted by Gasteiger charge is -2.01. The molecule has 0 aromatic carbocycles. The standard InChI is InChI=1S/C7H8N2O3/c1-4-2-5(7(10)11)3-6(8-4)9-12/h2-3,12H,1H3,(H,8,9)(H,10,11). The first-order valence-corrected chi connectivity index (χ1v) is 3.25. The van der Waals surface area contributed by atoms with Gasteiger partial charge in [-0.25, -0.2) is 9.78 Å². The molecule has 0 amide bonds. The highest BCUT2D eigenvalue weighted by Crippen LogP contribution is 2.08. The van der Waals surface area contributed by atoms with Gasteiger partial charge in [0, 0.05) is 5.69 Å². The number of carboxylic acid groups (broad SMARTS) is 1. The third-order valence-corrected chi connectivity index (χ3v) is 1.31. The van der Waals surface area contributed by atoms with Crippen LogP contribution in [-0.2, 0) is 0 Å². The first-order valence-electron chi connectivity index (χ1n) is 3.25. The maximum Gasteiger partial charge on any atom is 0.335 e. The smallest absolute Gasteiger partial charge is 0.335 e. The molecule has 0 fully saturated rings. The van der Waals surface area contributed by atoms with E-state index in [-0.39, 0.29) is 11.4 Å². The fourth-order valence-corrected chi connectivity index (χ4v) is 0.849. The number of aryl methyl sites for hydroxylation is 1. The number of aromatic carboxylic acids is 1. The van der Waals surface area contributed by atoms with Gasteiger partial charge < -0.3 is 5.11 Å². The number of carboxylic acids is 1. The summed E-state index contributed by atoms with van der Waals surface area (Å²) in [6.07, 6.45) is 0. The average molecular weight is 168 g/mol. The summed E-state index contributed by atoms with van der Waals surface area (Å²) in [4.78, 5) is 14.3. The van der Waals surface area contributed by atoms with E-state index in [0.717, 1.165) is 0 Å². The summed E-state index contributed by atoms with van der Waals surface area (Å²) in [6.45, 7) is 1.65. The summed E-state index contributed by atoms with van der Waals surface area (Å²) in [6, 6.07) is 2.67. The van der Waals surface area contributed by atoms with E-state index in [1.807, 2.05) is 0 Å². The number of pyridine rings is 1. The lowest BCUT2D eigenvalue weighted by atomic mass is 10.2. The largest absolute Gasteiger partial charge is 0.478 e. The summed E-state index contributed by atoms with van der Waals surface area (Å²) in [7, 11) is 0. The molecule has 12 heavy (non-hydrogen) atoms. The van der Waals surface area contributed by atoms with E-state index >= 15 is 0 Å². The summed E-state index contributed by atoms with van der Waals surface area (Å²) in [5.74, 6) is -0.913. The number of hydrogen-bond donors (Lipinski definition) is 3. The van der Waals surface area contributed by atoms with Crippen molar-refractivity contribution in [3.63, 3.8) is 0 Å². The molecule has 5 heteroatoms. The molecular weight excluding hydrogens is 160 g/mol. The lowest BCUT2D eigenvalue weighted by Crippen LogP contribution is -2.01. The minimum Gasteiger partial charge on any atom is -0.478 e. The van der Waals surface area contributed by atoms with E-state index in [4.69, 9.17) is 10.3 Å². The topological polar surface area (TPSA) is 82.5 Å². The Morgan fingerprint density at radius 3 is 2.75 bits per heavy atom. The Bertz CT molecular complexity index is 312. The van der Waals surface area contributed by atoms with Crippen LogP contribution in [0.3, 0.4) is 0 Å². The molecule has 0 saturated carbocycles. The highest BCUT2D eigenvalue weighted by Gasteiger charge is 2.05. The van der Waals surface area contributed by atoms with Crippen molar-refractivity contribution in [2.45, 2.75) is 6.92 Å². The third-order valence-electron chi connectivity index (χ3n) is 1.31. The fourth-order valence-electron chi connectivity index (χ4n) is 0.849. The van der Waals surface area contributed by atoms with E-state index in [1.54, 1.807) is 12.4 Å². The van der Waals surface area contributed by atoms with Gasteiger partial charge in [-0.3, -0.25) is 10.7 Å². The predicted octanol–water partition coefficient (Wildman–Crippen LogP) is 0.889. The van der Waals surface area contributed by atoms with Gasteiger partial charge in [-0.1, -0.05) is 0 Å². The van der Waals surface area contributed by atoms with Crippen molar-refractivity contribution in [3.05, 3.63) is 23.4 Å². The fraction of sp³-hybridized carbons (Fsp3) is 0.143. The first kappa shape index (κ1) is 8.48. The van der Waals surface area contributed by atoms with Crippen LogP contribution in [0, 0.1) is 6.92 Å². The van der Waals surface area contributed by atoms with Crippen molar-refractivity contribution < 1.29 is 15.1 Å². The Kier molecular flexibility index (Phi) is 2.25. The molecule has 1 aromatic rings. The number of carbonyl (C=O) groups is 1. The molecule has 0 aliphatic heterocycles. The Balaban J connectivity index is 3.15. The molecule has 1 rings (SSSR count). The van der Waals surface area contributed by atoms with Gasteiger partial charge in [0.25, 0.3) is 0 Å². The van der Waals surface area contributed by atoms with Crippen molar-refractivity contribution in [2.75, 3.05) is 5.48 Å². The van der Waals surface area contributed by atoms with E-state index < -0.39 is 5.97 Å². The molecule has 1 aromatic heterocycles. The molecule has 1 heterocycles. The monoisotopic (exact) mass is 168 g/mol. The maximum absolute atomic E-state index is 10.5. The van der Waals surface area contributed by atoms with Crippen LogP contribution < -0.4 is 5.48 Å². The summed E-state index contributed by atoms with van der Waals surface area (Å²) in [5, 5.41) is 17.1. The normalized spacial score (nSPS) is 9.50. The van der Waals surface area contributed by atoms with Gasteiger partial charge in [0.15, 0.2) is 5.82 Å². The van der Waals surface area contributed by atoms with E-state index in [0.29, 0.717) is 5.69 Å². The van der Waals surface area contributed by atoms with Crippen molar-refractivity contribution in [1.82, 2.24) is 4.98 Å². The average Bonchev–Trinajstić information content (AvgIpc) is 2.03. The molecule has 0 aliphatic rings. The Morgan fingerprint density at radius 2 is 2.25 bits per heavy atom. The summed E-state index contributed by atoms with van der Waals surface area (Å²) < 4.78 is 0. The number of aromatic nitrogens is 1. The number of rotatable bonds is 2. The second-order valence-electron chi connectivity index (χ2n) is 2.30. The zero-order valence-electron chi connectivity index (χ0n) is 6.40. The van der Waals surface area contributed by atoms with E-state index in [9.17, 15) is 4.79 Å². The van der Waals surface area contributed by atoms with Crippen LogP contribution in [-0.4, -0.2) is 21.3 Å². The van der Waals surface area contributed by atoms with Gasteiger partial charge in [0.05, 0.1) is 5.56 Å². The van der Waals surface area contributed by atoms with Crippen LogP contribution in [0.15, 0.2) is 12.1 Å². The zero-order valence-corrected chi connectivity index (χ0v) is 6.40. The molecule has 5 nitrogen and oxygen atoms in total. The molecule has 3 N–H and O–H groups in total. The highest BCUT2D eigenvalue weighted by molar-refractivity contribution is 5.88. The first-order chi connectivity index (χ1) is 5.63. The SMILES string of the molecule is Cc1cc(C(=O)O)cc(NO)n1. The Morgan fingerprint density at radius 1 is 1.58 bits per heavy atom. The molecule has 0 atom stereocenters. The molecule has 0 aliphatic carbocycles. The van der Waals surface area contributed by atoms with Crippen LogP contribution in [0.25, 0.3) is 0 Å². The summed E-state index contributed by atoms with van der Waals surface area (Å²) >= 11 is 0. The van der Waals surface area contributed by atoms with Crippen LogP contribution >= 0.6 is 0 Å². The highest BCUT2D eigenvalue weighted by atomic mass is 16.5. The molecule has 0 radical (unpaired) electrons. The van der Waals surface area contributed by atoms with Gasteiger partial charge in [-0.15, -0.1) is 0 Å². The van der Waals surface area contributed by atoms with Crippen LogP contribution in [0.4, 0.5) is 5.82 Å². The number of hydrogen-bond acceptors (Lipinski definition) is 4. The minimum atomic E-state index is -1.04. The van der Waals surface area contributed by atoms with Gasteiger partial charge in [0.2, 0.25) is 0 Å². The molecule has 64 valence electrons. The van der Waals surface area contributed by atoms with Crippen molar-refractivity contribution in [1.29, 1.82) is 0 Å². The Labute approximate surface area is 68.6 Å². The van der Waals surface area contributed by atoms with Crippen molar-refractivity contribution in [3.8, 4) is 0 Å². The predicted molar refractivity (Wildman–Crippen MR) is 41.3 cm³/mol. The van der Waals surface area contributed by atoms with E-state index in [1.165, 1.54) is 12.1 Å². The molecule has 0 bridgehead atoms. The van der Waals surface area contributed by atoms with Gasteiger partial charge >= 0.3 is 5.97 Å². The number of anilines is 1. The second-order valence-corrected chi connectivity index (χ2v) is 2.30. The minimum absolute atomic E-state index is 0.0963. The van der Waals surface area contributed by atoms with Crippen LogP contribution in [0.5, 0.6) is 0 Å². The van der Waals surface area contributed by atoms with Gasteiger partial charge in [-0.2, -0.15) is 0 Å². The summed E-state index contributed by atoms with van der Waals surface area (Å²) in [5.41, 5.74) is 2.42. The number of nitrogens with one attached hydrogen (secondary N) is 1. The quantitative estimate of drug-likeness (QED) is 0.571. The van der Waals surface area contributed by atoms with Crippen molar-refractivity contribution >= 4 is 11.8 Å². The molecule has 0 saturated heterocycles. The lowest BCUT2D eigenvalue weighted by molar-refractivity contribution is 0.0696. The molecule has 0 unspecified atom stereocenters. The van der Waals surface area contributed by atoms with Crippen LogP contribution in [0.2, 0.25) is 0 Å².